The lowest BCUT2D eigenvalue weighted by atomic mass is 9.88. The van der Waals surface area contributed by atoms with Crippen LogP contribution in [0.25, 0.3) is 0 Å². The summed E-state index contributed by atoms with van der Waals surface area (Å²) in [5.41, 5.74) is 1.73. The van der Waals surface area contributed by atoms with Crippen LogP contribution in [-0.4, -0.2) is 47.6 Å². The molecule has 1 aromatic heterocycles. The van der Waals surface area contributed by atoms with Crippen LogP contribution in [0, 0.1) is 13.8 Å². The van der Waals surface area contributed by atoms with E-state index in [0.717, 1.165) is 30.0 Å². The number of methoxy groups -OCH3 is 1. The van der Waals surface area contributed by atoms with Gasteiger partial charge in [-0.15, -0.1) is 0 Å². The summed E-state index contributed by atoms with van der Waals surface area (Å²) in [7, 11) is 1.61. The van der Waals surface area contributed by atoms with E-state index in [2.05, 4.69) is 15.6 Å². The zero-order valence-electron chi connectivity index (χ0n) is 13.7. The monoisotopic (exact) mass is 318 g/mol. The number of amides is 3. The van der Waals surface area contributed by atoms with E-state index in [1.807, 2.05) is 13.8 Å². The zero-order chi connectivity index (χ0) is 16.6. The van der Waals surface area contributed by atoms with E-state index >= 15 is 0 Å². The van der Waals surface area contributed by atoms with Crippen LogP contribution in [0.15, 0.2) is 6.20 Å². The van der Waals surface area contributed by atoms with Gasteiger partial charge >= 0.3 is 6.03 Å². The summed E-state index contributed by atoms with van der Waals surface area (Å²) in [6.07, 6.45) is 2.95. The summed E-state index contributed by atoms with van der Waals surface area (Å²) in [4.78, 5) is 30.8. The number of aryl methyl sites for hydroxylation is 1. The van der Waals surface area contributed by atoms with Crippen molar-refractivity contribution >= 4 is 11.9 Å². The van der Waals surface area contributed by atoms with Gasteiger partial charge in [-0.1, -0.05) is 0 Å². The van der Waals surface area contributed by atoms with E-state index in [0.29, 0.717) is 18.5 Å². The minimum absolute atomic E-state index is 0.148. The molecule has 0 bridgehead atoms. The number of nitrogens with one attached hydrogen (secondary N) is 2. The Kier molecular flexibility index (Phi) is 3.97. The number of hydrogen-bond acceptors (Lipinski definition) is 5. The summed E-state index contributed by atoms with van der Waals surface area (Å²) < 4.78 is 5.39. The summed E-state index contributed by atoms with van der Waals surface area (Å²) in [5, 5.41) is 6.10. The summed E-state index contributed by atoms with van der Waals surface area (Å²) in [6.45, 7) is 5.45. The standard InChI is InChI=1S/C16H22N4O3/c1-10-8-18-12(11(2)13(10)23-3)9-20-14(21)16(19-15(20)22)4-6-17-7-5-16/h8,17H,4-7,9H2,1-3H3,(H,19,22). The van der Waals surface area contributed by atoms with Crippen molar-refractivity contribution in [3.05, 3.63) is 23.0 Å². The van der Waals surface area contributed by atoms with Gasteiger partial charge in [0.25, 0.3) is 5.91 Å². The van der Waals surface area contributed by atoms with Gasteiger partial charge in [0, 0.05) is 17.3 Å². The third kappa shape index (κ3) is 2.55. The Bertz CT molecular complexity index is 653. The molecule has 0 aliphatic carbocycles. The van der Waals surface area contributed by atoms with E-state index in [-0.39, 0.29) is 18.5 Å². The molecule has 2 N–H and O–H groups in total. The lowest BCUT2D eigenvalue weighted by molar-refractivity contribution is -0.132. The minimum atomic E-state index is -0.745. The zero-order valence-corrected chi connectivity index (χ0v) is 13.7. The number of nitrogens with zero attached hydrogens (tertiary/aromatic N) is 2. The number of carbonyl (C=O) groups is 2. The van der Waals surface area contributed by atoms with Crippen LogP contribution in [-0.2, 0) is 11.3 Å². The second kappa shape index (κ2) is 5.81. The number of carbonyl (C=O) groups excluding carboxylic acids is 2. The van der Waals surface area contributed by atoms with Gasteiger partial charge in [0.15, 0.2) is 0 Å². The number of rotatable bonds is 3. The van der Waals surface area contributed by atoms with Gasteiger partial charge in [-0.2, -0.15) is 0 Å². The molecule has 2 saturated heterocycles. The van der Waals surface area contributed by atoms with Crippen LogP contribution in [0.2, 0.25) is 0 Å². The van der Waals surface area contributed by atoms with E-state index in [4.69, 9.17) is 4.74 Å². The SMILES string of the molecule is COc1c(C)cnc(CN2C(=O)NC3(CCNCC3)C2=O)c1C. The normalized spacial score (nSPS) is 20.0. The highest BCUT2D eigenvalue weighted by molar-refractivity contribution is 6.07. The van der Waals surface area contributed by atoms with Gasteiger partial charge in [0.05, 0.1) is 19.3 Å². The third-order valence-corrected chi connectivity index (χ3v) is 4.76. The molecule has 7 nitrogen and oxygen atoms in total. The number of urea groups is 1. The maximum Gasteiger partial charge on any atom is 0.325 e. The Morgan fingerprint density at radius 1 is 1.30 bits per heavy atom. The van der Waals surface area contributed by atoms with Crippen LogP contribution in [0.1, 0.15) is 29.7 Å². The molecule has 0 radical (unpaired) electrons. The van der Waals surface area contributed by atoms with Crippen molar-refractivity contribution in [2.75, 3.05) is 20.2 Å². The molecule has 3 heterocycles. The van der Waals surface area contributed by atoms with Gasteiger partial charge in [-0.25, -0.2) is 4.79 Å². The highest BCUT2D eigenvalue weighted by atomic mass is 16.5. The Balaban J connectivity index is 1.86. The first kappa shape index (κ1) is 15.7. The Hall–Kier alpha value is -2.15. The largest absolute Gasteiger partial charge is 0.496 e. The Morgan fingerprint density at radius 2 is 2.00 bits per heavy atom. The molecule has 2 fully saturated rings. The van der Waals surface area contributed by atoms with Crippen molar-refractivity contribution in [3.63, 3.8) is 0 Å². The van der Waals surface area contributed by atoms with Crippen LogP contribution < -0.4 is 15.4 Å². The maximum atomic E-state index is 12.8. The lowest BCUT2D eigenvalue weighted by Crippen LogP contribution is -2.53. The lowest BCUT2D eigenvalue weighted by Gasteiger charge is -2.31. The Labute approximate surface area is 135 Å². The second-order valence-corrected chi connectivity index (χ2v) is 6.20. The van der Waals surface area contributed by atoms with Gasteiger partial charge in [-0.05, 0) is 39.8 Å². The maximum absolute atomic E-state index is 12.8. The molecule has 3 amide bonds. The number of piperidine rings is 1. The number of aromatic nitrogens is 1. The number of pyridine rings is 1. The molecule has 1 spiro atoms. The molecule has 7 heteroatoms. The molecule has 0 unspecified atom stereocenters. The van der Waals surface area contributed by atoms with Crippen LogP contribution >= 0.6 is 0 Å². The first-order chi connectivity index (χ1) is 11.0. The predicted molar refractivity (Wildman–Crippen MR) is 84.2 cm³/mol. The molecule has 0 saturated carbocycles. The average Bonchev–Trinajstić information content (AvgIpc) is 2.75. The number of imide groups is 1. The van der Waals surface area contributed by atoms with Crippen molar-refractivity contribution in [3.8, 4) is 5.75 Å². The molecular weight excluding hydrogens is 296 g/mol. The van der Waals surface area contributed by atoms with Crippen molar-refractivity contribution < 1.29 is 14.3 Å². The molecule has 124 valence electrons. The fourth-order valence-electron chi connectivity index (χ4n) is 3.39. The topological polar surface area (TPSA) is 83.6 Å². The van der Waals surface area contributed by atoms with Crippen molar-refractivity contribution in [1.82, 2.24) is 20.5 Å². The fraction of sp³-hybridized carbons (Fsp3) is 0.562. The van der Waals surface area contributed by atoms with Crippen LogP contribution in [0.3, 0.4) is 0 Å². The van der Waals surface area contributed by atoms with Crippen molar-refractivity contribution in [2.24, 2.45) is 0 Å². The van der Waals surface area contributed by atoms with E-state index < -0.39 is 5.54 Å². The van der Waals surface area contributed by atoms with Gasteiger partial charge in [0.1, 0.15) is 11.3 Å². The fourth-order valence-corrected chi connectivity index (χ4v) is 3.39. The number of ether oxygens (including phenoxy) is 1. The summed E-state index contributed by atoms with van der Waals surface area (Å²) >= 11 is 0. The van der Waals surface area contributed by atoms with Crippen LogP contribution in [0.5, 0.6) is 5.75 Å². The Morgan fingerprint density at radius 3 is 2.65 bits per heavy atom. The molecular formula is C16H22N4O3. The van der Waals surface area contributed by atoms with Crippen molar-refractivity contribution in [2.45, 2.75) is 38.8 Å². The molecule has 0 aromatic carbocycles. The quantitative estimate of drug-likeness (QED) is 0.809. The highest BCUT2D eigenvalue weighted by Crippen LogP contribution is 2.30. The predicted octanol–water partition coefficient (Wildman–Crippen LogP) is 0.881. The average molecular weight is 318 g/mol. The molecule has 0 atom stereocenters. The highest BCUT2D eigenvalue weighted by Gasteiger charge is 2.51. The smallest absolute Gasteiger partial charge is 0.325 e. The van der Waals surface area contributed by atoms with E-state index in [9.17, 15) is 9.59 Å². The van der Waals surface area contributed by atoms with Gasteiger partial charge in [0.2, 0.25) is 0 Å². The summed E-state index contributed by atoms with van der Waals surface area (Å²) in [5.74, 6) is 0.600. The molecule has 2 aliphatic heterocycles. The molecule has 3 rings (SSSR count). The van der Waals surface area contributed by atoms with Gasteiger partial charge in [-0.3, -0.25) is 14.7 Å². The van der Waals surface area contributed by atoms with E-state index in [1.54, 1.807) is 13.3 Å². The van der Waals surface area contributed by atoms with Crippen LogP contribution in [0.4, 0.5) is 4.79 Å². The number of hydrogen-bond donors (Lipinski definition) is 2. The third-order valence-electron chi connectivity index (χ3n) is 4.76. The summed E-state index contributed by atoms with van der Waals surface area (Å²) in [6, 6.07) is -0.336. The van der Waals surface area contributed by atoms with E-state index in [1.165, 1.54) is 4.90 Å². The molecule has 1 aromatic rings. The van der Waals surface area contributed by atoms with Crippen molar-refractivity contribution in [1.29, 1.82) is 0 Å². The molecule has 2 aliphatic rings. The minimum Gasteiger partial charge on any atom is -0.496 e. The molecule has 23 heavy (non-hydrogen) atoms. The van der Waals surface area contributed by atoms with Gasteiger partial charge < -0.3 is 15.4 Å². The first-order valence-electron chi connectivity index (χ1n) is 7.82. The second-order valence-electron chi connectivity index (χ2n) is 6.20. The first-order valence-corrected chi connectivity index (χ1v) is 7.82.